The zero-order valence-corrected chi connectivity index (χ0v) is 15.0. The lowest BCUT2D eigenvalue weighted by atomic mass is 9.94. The van der Waals surface area contributed by atoms with Gasteiger partial charge in [-0.15, -0.1) is 0 Å². The Kier molecular flexibility index (Phi) is 7.21. The first-order valence-corrected chi connectivity index (χ1v) is 9.16. The van der Waals surface area contributed by atoms with Gasteiger partial charge in [0.05, 0.1) is 0 Å². The summed E-state index contributed by atoms with van der Waals surface area (Å²) >= 11 is 3.63. The van der Waals surface area contributed by atoms with E-state index in [4.69, 9.17) is 0 Å². The van der Waals surface area contributed by atoms with E-state index in [0.29, 0.717) is 6.04 Å². The van der Waals surface area contributed by atoms with Crippen molar-refractivity contribution in [2.45, 2.75) is 57.5 Å². The van der Waals surface area contributed by atoms with E-state index >= 15 is 0 Å². The summed E-state index contributed by atoms with van der Waals surface area (Å²) in [6.45, 7) is 4.53. The molecule has 1 aliphatic rings. The van der Waals surface area contributed by atoms with Crippen LogP contribution in [-0.2, 0) is 0 Å². The summed E-state index contributed by atoms with van der Waals surface area (Å²) < 4.78 is 1.20. The average molecular weight is 353 g/mol. The van der Waals surface area contributed by atoms with Gasteiger partial charge in [-0.25, -0.2) is 0 Å². The molecule has 0 aromatic heterocycles. The number of nitrogens with one attached hydrogen (secondary N) is 1. The highest BCUT2D eigenvalue weighted by atomic mass is 79.9. The maximum Gasteiger partial charge on any atom is 0.0302 e. The highest BCUT2D eigenvalue weighted by Gasteiger charge is 2.17. The van der Waals surface area contributed by atoms with Crippen LogP contribution in [0.1, 0.15) is 57.1 Å². The molecule has 0 amide bonds. The standard InChI is InChI=1S/C18H29BrN2/c1-15(17-11-6-7-12-18(17)19)20-13-8-14-21(2)16-9-4-3-5-10-16/h6-7,11-12,15-16,20H,3-5,8-10,13-14H2,1-2H3. The van der Waals surface area contributed by atoms with Crippen LogP contribution >= 0.6 is 15.9 Å². The molecular weight excluding hydrogens is 324 g/mol. The van der Waals surface area contributed by atoms with Gasteiger partial charge in [-0.2, -0.15) is 0 Å². The predicted molar refractivity (Wildman–Crippen MR) is 94.7 cm³/mol. The minimum atomic E-state index is 0.403. The van der Waals surface area contributed by atoms with Gasteiger partial charge in [-0.05, 0) is 58.0 Å². The molecule has 3 heteroatoms. The lowest BCUT2D eigenvalue weighted by Gasteiger charge is -2.31. The van der Waals surface area contributed by atoms with E-state index in [1.54, 1.807) is 0 Å². The van der Waals surface area contributed by atoms with E-state index in [9.17, 15) is 0 Å². The van der Waals surface area contributed by atoms with Crippen LogP contribution in [0.2, 0.25) is 0 Å². The van der Waals surface area contributed by atoms with E-state index in [2.05, 4.69) is 64.4 Å². The first kappa shape index (κ1) is 17.0. The Morgan fingerprint density at radius 2 is 1.95 bits per heavy atom. The molecule has 2 rings (SSSR count). The molecule has 2 nitrogen and oxygen atoms in total. The van der Waals surface area contributed by atoms with E-state index in [-0.39, 0.29) is 0 Å². The third-order valence-corrected chi connectivity index (χ3v) is 5.43. The maximum absolute atomic E-state index is 3.64. The van der Waals surface area contributed by atoms with Gasteiger partial charge in [-0.3, -0.25) is 0 Å². The monoisotopic (exact) mass is 352 g/mol. The maximum atomic E-state index is 3.64. The second kappa shape index (κ2) is 8.92. The second-order valence-electron chi connectivity index (χ2n) is 6.32. The lowest BCUT2D eigenvalue weighted by molar-refractivity contribution is 0.189. The Morgan fingerprint density at radius 1 is 1.24 bits per heavy atom. The fraction of sp³-hybridized carbons (Fsp3) is 0.667. The van der Waals surface area contributed by atoms with Crippen LogP contribution in [0.4, 0.5) is 0 Å². The van der Waals surface area contributed by atoms with Crippen molar-refractivity contribution in [1.29, 1.82) is 0 Å². The van der Waals surface area contributed by atoms with Crippen LogP contribution < -0.4 is 5.32 Å². The molecule has 1 aromatic carbocycles. The fourth-order valence-corrected chi connectivity index (χ4v) is 3.92. The Hall–Kier alpha value is -0.380. The first-order valence-electron chi connectivity index (χ1n) is 8.36. The first-order chi connectivity index (χ1) is 10.2. The molecule has 1 saturated carbocycles. The van der Waals surface area contributed by atoms with Gasteiger partial charge >= 0.3 is 0 Å². The van der Waals surface area contributed by atoms with Crippen LogP contribution in [0, 0.1) is 0 Å². The summed E-state index contributed by atoms with van der Waals surface area (Å²) in [4.78, 5) is 2.57. The van der Waals surface area contributed by atoms with E-state index in [0.717, 1.165) is 12.6 Å². The van der Waals surface area contributed by atoms with Crippen molar-refractivity contribution in [1.82, 2.24) is 10.2 Å². The van der Waals surface area contributed by atoms with E-state index < -0.39 is 0 Å². The van der Waals surface area contributed by atoms with Gasteiger partial charge in [0, 0.05) is 16.6 Å². The largest absolute Gasteiger partial charge is 0.310 e. The van der Waals surface area contributed by atoms with Crippen molar-refractivity contribution in [2.24, 2.45) is 0 Å². The molecular formula is C18H29BrN2. The summed E-state index contributed by atoms with van der Waals surface area (Å²) in [6.07, 6.45) is 8.31. The minimum Gasteiger partial charge on any atom is -0.310 e. The smallest absolute Gasteiger partial charge is 0.0302 e. The predicted octanol–water partition coefficient (Wildman–Crippen LogP) is 4.75. The number of nitrogens with zero attached hydrogens (tertiary/aromatic N) is 1. The van der Waals surface area contributed by atoms with Crippen molar-refractivity contribution in [3.05, 3.63) is 34.3 Å². The molecule has 0 radical (unpaired) electrons. The van der Waals surface area contributed by atoms with Gasteiger partial charge in [-0.1, -0.05) is 53.4 Å². The van der Waals surface area contributed by atoms with Crippen molar-refractivity contribution in [3.63, 3.8) is 0 Å². The Balaban J connectivity index is 1.66. The SMILES string of the molecule is CC(NCCCN(C)C1CCCCC1)c1ccccc1Br. The third-order valence-electron chi connectivity index (χ3n) is 4.71. The number of rotatable bonds is 7. The molecule has 0 bridgehead atoms. The summed E-state index contributed by atoms with van der Waals surface area (Å²) in [5.74, 6) is 0. The average Bonchev–Trinajstić information content (AvgIpc) is 2.52. The third kappa shape index (κ3) is 5.39. The lowest BCUT2D eigenvalue weighted by Crippen LogP contribution is -2.35. The number of hydrogen-bond acceptors (Lipinski definition) is 2. The summed E-state index contributed by atoms with van der Waals surface area (Å²) in [6, 6.07) is 9.72. The Morgan fingerprint density at radius 3 is 2.67 bits per heavy atom. The zero-order chi connectivity index (χ0) is 15.1. The molecule has 0 spiro atoms. The van der Waals surface area contributed by atoms with Crippen molar-refractivity contribution < 1.29 is 0 Å². The van der Waals surface area contributed by atoms with Gasteiger partial charge < -0.3 is 10.2 Å². The summed E-state index contributed by atoms with van der Waals surface area (Å²) in [5.41, 5.74) is 1.35. The van der Waals surface area contributed by atoms with Gasteiger partial charge in [0.25, 0.3) is 0 Å². The minimum absolute atomic E-state index is 0.403. The molecule has 1 atom stereocenters. The molecule has 1 N–H and O–H groups in total. The molecule has 0 saturated heterocycles. The molecule has 1 fully saturated rings. The topological polar surface area (TPSA) is 15.3 Å². The Bertz CT molecular complexity index is 415. The highest BCUT2D eigenvalue weighted by molar-refractivity contribution is 9.10. The van der Waals surface area contributed by atoms with Crippen molar-refractivity contribution >= 4 is 15.9 Å². The van der Waals surface area contributed by atoms with E-state index in [1.807, 2.05) is 0 Å². The molecule has 21 heavy (non-hydrogen) atoms. The molecule has 0 heterocycles. The summed E-state index contributed by atoms with van der Waals surface area (Å²) in [5, 5.41) is 3.64. The molecule has 0 aliphatic heterocycles. The number of benzene rings is 1. The zero-order valence-electron chi connectivity index (χ0n) is 13.4. The van der Waals surface area contributed by atoms with E-state index in [1.165, 1.54) is 55.1 Å². The summed E-state index contributed by atoms with van der Waals surface area (Å²) in [7, 11) is 2.30. The van der Waals surface area contributed by atoms with Crippen LogP contribution in [0.3, 0.4) is 0 Å². The molecule has 1 unspecified atom stereocenters. The van der Waals surface area contributed by atoms with Crippen LogP contribution in [0.25, 0.3) is 0 Å². The van der Waals surface area contributed by atoms with Gasteiger partial charge in [0.2, 0.25) is 0 Å². The van der Waals surface area contributed by atoms with Gasteiger partial charge in [0.15, 0.2) is 0 Å². The van der Waals surface area contributed by atoms with Crippen LogP contribution in [0.15, 0.2) is 28.7 Å². The normalized spacial score (nSPS) is 18.1. The quantitative estimate of drug-likeness (QED) is 0.712. The van der Waals surface area contributed by atoms with Crippen molar-refractivity contribution in [2.75, 3.05) is 20.1 Å². The van der Waals surface area contributed by atoms with Gasteiger partial charge in [0.1, 0.15) is 0 Å². The van der Waals surface area contributed by atoms with Crippen LogP contribution in [0.5, 0.6) is 0 Å². The Labute approximate surface area is 138 Å². The molecule has 1 aliphatic carbocycles. The number of hydrogen-bond donors (Lipinski definition) is 1. The van der Waals surface area contributed by atoms with Crippen LogP contribution in [-0.4, -0.2) is 31.1 Å². The second-order valence-corrected chi connectivity index (χ2v) is 7.18. The molecule has 118 valence electrons. The molecule has 1 aromatic rings. The fourth-order valence-electron chi connectivity index (χ4n) is 3.29. The van der Waals surface area contributed by atoms with Crippen molar-refractivity contribution in [3.8, 4) is 0 Å². The number of halogens is 1. The highest BCUT2D eigenvalue weighted by Crippen LogP contribution is 2.23.